The van der Waals surface area contributed by atoms with Crippen molar-refractivity contribution in [2.75, 3.05) is 11.5 Å². The van der Waals surface area contributed by atoms with E-state index in [2.05, 4.69) is 5.10 Å². The Morgan fingerprint density at radius 3 is 2.63 bits per heavy atom. The molecule has 0 aliphatic heterocycles. The average Bonchev–Trinajstić information content (AvgIpc) is 2.54. The highest BCUT2D eigenvalue weighted by molar-refractivity contribution is 8.14. The van der Waals surface area contributed by atoms with Gasteiger partial charge in [0.2, 0.25) is 9.05 Å². The van der Waals surface area contributed by atoms with Crippen molar-refractivity contribution >= 4 is 37.2 Å². The first kappa shape index (κ1) is 16.3. The van der Waals surface area contributed by atoms with E-state index < -0.39 is 14.0 Å². The lowest BCUT2D eigenvalue weighted by atomic mass is 10.4. The molecule has 0 saturated carbocycles. The molecular formula is C9H14ClN3O4S2. The van der Waals surface area contributed by atoms with E-state index in [1.165, 1.54) is 0 Å². The van der Waals surface area contributed by atoms with Gasteiger partial charge in [-0.25, -0.2) is 8.42 Å². The standard InChI is InChI=1S/C9H14ClN3O4S2/c1-3-4-12-9(18-5-6-19(10,16)17)8(13(14)15)7(2)11-12/h3-6H2,1-2H3. The Hall–Kier alpha value is -0.800. The second kappa shape index (κ2) is 6.58. The first-order chi connectivity index (χ1) is 8.76. The molecule has 0 fully saturated rings. The van der Waals surface area contributed by atoms with Crippen LogP contribution in [0.1, 0.15) is 19.0 Å². The number of thioether (sulfide) groups is 1. The highest BCUT2D eigenvalue weighted by Crippen LogP contribution is 2.32. The van der Waals surface area contributed by atoms with Crippen LogP contribution in [-0.2, 0) is 15.6 Å². The predicted molar refractivity (Wildman–Crippen MR) is 74.3 cm³/mol. The molecule has 0 bridgehead atoms. The Kier molecular flexibility index (Phi) is 5.63. The van der Waals surface area contributed by atoms with E-state index in [1.54, 1.807) is 11.6 Å². The summed E-state index contributed by atoms with van der Waals surface area (Å²) in [5.41, 5.74) is 0.264. The van der Waals surface area contributed by atoms with Gasteiger partial charge < -0.3 is 0 Å². The highest BCUT2D eigenvalue weighted by atomic mass is 35.7. The normalized spacial score (nSPS) is 11.7. The molecule has 0 aliphatic rings. The number of aromatic nitrogens is 2. The molecule has 0 aliphatic carbocycles. The monoisotopic (exact) mass is 327 g/mol. The second-order valence-electron chi connectivity index (χ2n) is 3.81. The first-order valence-electron chi connectivity index (χ1n) is 5.53. The van der Waals surface area contributed by atoms with Crippen molar-refractivity contribution in [3.05, 3.63) is 15.8 Å². The number of rotatable bonds is 7. The molecule has 1 aromatic heterocycles. The molecule has 0 amide bonds. The van der Waals surface area contributed by atoms with Gasteiger partial charge >= 0.3 is 5.69 Å². The quantitative estimate of drug-likeness (QED) is 0.329. The fraction of sp³-hybridized carbons (Fsp3) is 0.667. The molecule has 19 heavy (non-hydrogen) atoms. The first-order valence-corrected chi connectivity index (χ1v) is 8.99. The van der Waals surface area contributed by atoms with E-state index in [1.807, 2.05) is 6.92 Å². The van der Waals surface area contributed by atoms with Gasteiger partial charge in [-0.1, -0.05) is 18.7 Å². The van der Waals surface area contributed by atoms with Crippen LogP contribution < -0.4 is 0 Å². The van der Waals surface area contributed by atoms with Gasteiger partial charge in [-0.3, -0.25) is 14.8 Å². The zero-order valence-corrected chi connectivity index (χ0v) is 12.9. The maximum absolute atomic E-state index is 11.0. The highest BCUT2D eigenvalue weighted by Gasteiger charge is 2.25. The maximum atomic E-state index is 11.0. The molecule has 0 spiro atoms. The lowest BCUT2D eigenvalue weighted by molar-refractivity contribution is -0.388. The van der Waals surface area contributed by atoms with Gasteiger partial charge in [-0.2, -0.15) is 5.10 Å². The summed E-state index contributed by atoms with van der Waals surface area (Å²) in [6.07, 6.45) is 0.777. The van der Waals surface area contributed by atoms with E-state index in [-0.39, 0.29) is 17.2 Å². The van der Waals surface area contributed by atoms with Crippen LogP contribution in [0.3, 0.4) is 0 Å². The van der Waals surface area contributed by atoms with Crippen LogP contribution in [0.25, 0.3) is 0 Å². The average molecular weight is 328 g/mol. The molecule has 108 valence electrons. The van der Waals surface area contributed by atoms with E-state index in [0.717, 1.165) is 18.2 Å². The molecule has 1 rings (SSSR count). The number of aryl methyl sites for hydroxylation is 2. The van der Waals surface area contributed by atoms with Crippen molar-refractivity contribution in [2.24, 2.45) is 0 Å². The summed E-state index contributed by atoms with van der Waals surface area (Å²) in [5.74, 6) is -0.0890. The van der Waals surface area contributed by atoms with E-state index in [4.69, 9.17) is 10.7 Å². The summed E-state index contributed by atoms with van der Waals surface area (Å²) in [6.45, 7) is 4.04. The molecule has 0 saturated heterocycles. The number of halogens is 1. The van der Waals surface area contributed by atoms with Gasteiger partial charge in [-0.15, -0.1) is 0 Å². The van der Waals surface area contributed by atoms with Crippen LogP contribution in [-0.4, -0.2) is 34.6 Å². The molecule has 1 aromatic rings. The van der Waals surface area contributed by atoms with E-state index >= 15 is 0 Å². The van der Waals surface area contributed by atoms with Gasteiger partial charge in [-0.05, 0) is 13.3 Å². The smallest absolute Gasteiger partial charge is 0.258 e. The third-order valence-corrected chi connectivity index (χ3v) is 4.73. The molecule has 1 heterocycles. The molecular weight excluding hydrogens is 314 g/mol. The van der Waals surface area contributed by atoms with E-state index in [9.17, 15) is 18.5 Å². The van der Waals surface area contributed by atoms with Gasteiger partial charge in [0, 0.05) is 23.0 Å². The maximum Gasteiger partial charge on any atom is 0.323 e. The summed E-state index contributed by atoms with van der Waals surface area (Å²) in [6, 6.07) is 0. The SMILES string of the molecule is CCCn1nc(C)c([N+](=O)[O-])c1SCCS(=O)(=O)Cl. The van der Waals surface area contributed by atoms with Crippen LogP contribution in [0.4, 0.5) is 5.69 Å². The van der Waals surface area contributed by atoms with Gasteiger partial charge in [0.25, 0.3) is 0 Å². The number of hydrogen-bond donors (Lipinski definition) is 0. The molecule has 0 unspecified atom stereocenters. The number of hydrogen-bond acceptors (Lipinski definition) is 6. The van der Waals surface area contributed by atoms with Crippen molar-refractivity contribution in [3.63, 3.8) is 0 Å². The Morgan fingerprint density at radius 2 is 2.16 bits per heavy atom. The summed E-state index contributed by atoms with van der Waals surface area (Å²) in [4.78, 5) is 10.5. The number of nitrogens with zero attached hydrogens (tertiary/aromatic N) is 3. The van der Waals surface area contributed by atoms with Crippen LogP contribution in [0, 0.1) is 17.0 Å². The lowest BCUT2D eigenvalue weighted by Gasteiger charge is -2.04. The molecule has 0 atom stereocenters. The zero-order chi connectivity index (χ0) is 14.6. The molecule has 0 radical (unpaired) electrons. The number of nitro groups is 1. The Morgan fingerprint density at radius 1 is 1.53 bits per heavy atom. The fourth-order valence-corrected chi connectivity index (χ4v) is 4.04. The van der Waals surface area contributed by atoms with Gasteiger partial charge in [0.05, 0.1) is 10.7 Å². The Labute approximate surface area is 119 Å². The molecule has 7 nitrogen and oxygen atoms in total. The van der Waals surface area contributed by atoms with Crippen molar-refractivity contribution in [1.29, 1.82) is 0 Å². The van der Waals surface area contributed by atoms with E-state index in [0.29, 0.717) is 17.3 Å². The lowest BCUT2D eigenvalue weighted by Crippen LogP contribution is -2.04. The second-order valence-corrected chi connectivity index (χ2v) is 7.79. The van der Waals surface area contributed by atoms with Crippen LogP contribution in [0.2, 0.25) is 0 Å². The Bertz CT molecular complexity index is 570. The molecule has 10 heteroatoms. The Balaban J connectivity index is 2.98. The van der Waals surface area contributed by atoms with Crippen molar-refractivity contribution in [3.8, 4) is 0 Å². The van der Waals surface area contributed by atoms with Gasteiger partial charge in [0.15, 0.2) is 5.03 Å². The van der Waals surface area contributed by atoms with Crippen LogP contribution >= 0.6 is 22.4 Å². The van der Waals surface area contributed by atoms with Gasteiger partial charge in [0.1, 0.15) is 5.69 Å². The van der Waals surface area contributed by atoms with Crippen LogP contribution in [0.15, 0.2) is 5.03 Å². The van der Waals surface area contributed by atoms with Crippen molar-refractivity contribution in [1.82, 2.24) is 9.78 Å². The summed E-state index contributed by atoms with van der Waals surface area (Å²) in [5, 5.41) is 15.5. The predicted octanol–water partition coefficient (Wildman–Crippen LogP) is 2.17. The fourth-order valence-electron chi connectivity index (χ4n) is 1.51. The summed E-state index contributed by atoms with van der Waals surface area (Å²) < 4.78 is 23.2. The zero-order valence-electron chi connectivity index (χ0n) is 10.5. The summed E-state index contributed by atoms with van der Waals surface area (Å²) >= 11 is 1.08. The minimum absolute atomic E-state index is 0.0644. The van der Waals surface area contributed by atoms with Crippen molar-refractivity contribution in [2.45, 2.75) is 31.8 Å². The third-order valence-electron chi connectivity index (χ3n) is 2.23. The summed E-state index contributed by atoms with van der Waals surface area (Å²) in [7, 11) is 1.52. The molecule has 0 N–H and O–H groups in total. The minimum Gasteiger partial charge on any atom is -0.258 e. The third kappa shape index (κ3) is 4.66. The van der Waals surface area contributed by atoms with Crippen LogP contribution in [0.5, 0.6) is 0 Å². The topological polar surface area (TPSA) is 95.1 Å². The van der Waals surface area contributed by atoms with Crippen molar-refractivity contribution < 1.29 is 13.3 Å². The molecule has 0 aromatic carbocycles. The minimum atomic E-state index is -3.59. The largest absolute Gasteiger partial charge is 0.323 e.